The van der Waals surface area contributed by atoms with Crippen molar-refractivity contribution in [2.75, 3.05) is 0 Å². The van der Waals surface area contributed by atoms with E-state index in [0.29, 0.717) is 5.56 Å². The second-order valence-corrected chi connectivity index (χ2v) is 2.46. The van der Waals surface area contributed by atoms with E-state index >= 15 is 0 Å². The fourth-order valence-electron chi connectivity index (χ4n) is 0.734. The minimum absolute atomic E-state index is 0.641. The molecular formula is C9H9NO. The van der Waals surface area contributed by atoms with Gasteiger partial charge in [-0.2, -0.15) is 0 Å². The van der Waals surface area contributed by atoms with E-state index in [2.05, 4.69) is 10.9 Å². The second kappa shape index (κ2) is 2.73. The Morgan fingerprint density at radius 1 is 1.73 bits per heavy atom. The third-order valence-corrected chi connectivity index (χ3v) is 1.50. The topological polar surface area (TPSA) is 33.1 Å². The first-order chi connectivity index (χ1) is 5.17. The van der Waals surface area contributed by atoms with Crippen LogP contribution in [0, 0.1) is 12.3 Å². The molecule has 0 saturated heterocycles. The van der Waals surface area contributed by atoms with E-state index in [1.54, 1.807) is 31.5 Å². The highest BCUT2D eigenvalue weighted by Crippen LogP contribution is 2.16. The van der Waals surface area contributed by atoms with Gasteiger partial charge in [-0.1, -0.05) is 12.0 Å². The average Bonchev–Trinajstić information content (AvgIpc) is 2.06. The third-order valence-electron chi connectivity index (χ3n) is 1.50. The van der Waals surface area contributed by atoms with Gasteiger partial charge in [-0.05, 0) is 13.0 Å². The highest BCUT2D eigenvalue weighted by molar-refractivity contribution is 5.25. The van der Waals surface area contributed by atoms with E-state index in [1.807, 2.05) is 0 Å². The van der Waals surface area contributed by atoms with Crippen LogP contribution < -0.4 is 0 Å². The number of nitrogens with zero attached hydrogens (tertiary/aromatic N) is 1. The molecule has 0 saturated carbocycles. The van der Waals surface area contributed by atoms with Gasteiger partial charge in [0.2, 0.25) is 0 Å². The van der Waals surface area contributed by atoms with Gasteiger partial charge in [-0.25, -0.2) is 0 Å². The van der Waals surface area contributed by atoms with Crippen LogP contribution >= 0.6 is 0 Å². The Kier molecular flexibility index (Phi) is 1.93. The molecule has 1 rings (SSSR count). The van der Waals surface area contributed by atoms with Gasteiger partial charge < -0.3 is 5.11 Å². The molecule has 1 N–H and O–H groups in total. The summed E-state index contributed by atoms with van der Waals surface area (Å²) in [6.45, 7) is 1.56. The van der Waals surface area contributed by atoms with E-state index in [-0.39, 0.29) is 0 Å². The number of hydrogen-bond acceptors (Lipinski definition) is 2. The lowest BCUT2D eigenvalue weighted by Gasteiger charge is -2.15. The summed E-state index contributed by atoms with van der Waals surface area (Å²) in [6, 6.07) is 3.48. The predicted octanol–water partition coefficient (Wildman–Crippen LogP) is 0.922. The fourth-order valence-corrected chi connectivity index (χ4v) is 0.734. The summed E-state index contributed by atoms with van der Waals surface area (Å²) in [5, 5.41) is 9.52. The molecular weight excluding hydrogens is 138 g/mol. The number of terminal acetylenes is 1. The lowest BCUT2D eigenvalue weighted by Crippen LogP contribution is -2.17. The molecule has 1 aromatic rings. The molecule has 1 heterocycles. The molecule has 0 aromatic carbocycles. The van der Waals surface area contributed by atoms with Crippen molar-refractivity contribution in [3.8, 4) is 12.3 Å². The minimum atomic E-state index is -1.20. The van der Waals surface area contributed by atoms with Crippen LogP contribution in [0.1, 0.15) is 12.5 Å². The first kappa shape index (κ1) is 7.77. The van der Waals surface area contributed by atoms with Gasteiger partial charge in [-0.15, -0.1) is 6.42 Å². The second-order valence-electron chi connectivity index (χ2n) is 2.46. The molecule has 0 aliphatic carbocycles. The Bertz CT molecular complexity index is 271. The maximum atomic E-state index is 9.52. The van der Waals surface area contributed by atoms with Gasteiger partial charge in [0, 0.05) is 18.0 Å². The first-order valence-corrected chi connectivity index (χ1v) is 3.27. The number of aliphatic hydroxyl groups is 1. The molecule has 2 heteroatoms. The molecule has 0 bridgehead atoms. The number of aromatic nitrogens is 1. The summed E-state index contributed by atoms with van der Waals surface area (Å²) in [6.07, 6.45) is 8.30. The van der Waals surface area contributed by atoms with E-state index in [1.165, 1.54) is 0 Å². The number of rotatable bonds is 1. The Morgan fingerprint density at radius 3 is 2.91 bits per heavy atom. The first-order valence-electron chi connectivity index (χ1n) is 3.27. The fraction of sp³-hybridized carbons (Fsp3) is 0.222. The molecule has 2 nitrogen and oxygen atoms in total. The van der Waals surface area contributed by atoms with Crippen LogP contribution in [0.25, 0.3) is 0 Å². The Balaban J connectivity index is 3.05. The van der Waals surface area contributed by atoms with Crippen molar-refractivity contribution in [2.45, 2.75) is 12.5 Å². The molecule has 0 fully saturated rings. The van der Waals surface area contributed by atoms with Crippen LogP contribution in [0.3, 0.4) is 0 Å². The van der Waals surface area contributed by atoms with E-state index < -0.39 is 5.60 Å². The molecule has 1 atom stereocenters. The van der Waals surface area contributed by atoms with Gasteiger partial charge in [0.15, 0.2) is 0 Å². The maximum absolute atomic E-state index is 9.52. The van der Waals surface area contributed by atoms with Gasteiger partial charge in [-0.3, -0.25) is 4.98 Å². The highest BCUT2D eigenvalue weighted by Gasteiger charge is 2.18. The Hall–Kier alpha value is -1.33. The summed E-state index contributed by atoms with van der Waals surface area (Å²) < 4.78 is 0. The van der Waals surface area contributed by atoms with Crippen molar-refractivity contribution in [2.24, 2.45) is 0 Å². The molecule has 11 heavy (non-hydrogen) atoms. The predicted molar refractivity (Wildman–Crippen MR) is 42.6 cm³/mol. The van der Waals surface area contributed by atoms with Gasteiger partial charge in [0.05, 0.1) is 0 Å². The Labute approximate surface area is 65.9 Å². The minimum Gasteiger partial charge on any atom is -0.374 e. The van der Waals surface area contributed by atoms with E-state index in [0.717, 1.165) is 0 Å². The van der Waals surface area contributed by atoms with Crippen LogP contribution in [0.4, 0.5) is 0 Å². The molecule has 0 aliphatic rings. The SMILES string of the molecule is C#C[C@@](C)(O)c1cccnc1. The Morgan fingerprint density at radius 2 is 2.45 bits per heavy atom. The zero-order chi connectivity index (χ0) is 8.32. The van der Waals surface area contributed by atoms with E-state index in [4.69, 9.17) is 6.42 Å². The standard InChI is InChI=1S/C9H9NO/c1-3-9(2,11)8-5-4-6-10-7-8/h1,4-7,11H,2H3/t9-/m1/s1. The smallest absolute Gasteiger partial charge is 0.149 e. The lowest BCUT2D eigenvalue weighted by atomic mass is 9.99. The van der Waals surface area contributed by atoms with Crippen molar-refractivity contribution in [3.05, 3.63) is 30.1 Å². The van der Waals surface area contributed by atoms with Crippen LogP contribution in [0.2, 0.25) is 0 Å². The van der Waals surface area contributed by atoms with Crippen molar-refractivity contribution < 1.29 is 5.11 Å². The zero-order valence-corrected chi connectivity index (χ0v) is 6.28. The molecule has 0 amide bonds. The summed E-state index contributed by atoms with van der Waals surface area (Å²) in [7, 11) is 0. The van der Waals surface area contributed by atoms with Gasteiger partial charge in [0.1, 0.15) is 5.60 Å². The van der Waals surface area contributed by atoms with Crippen molar-refractivity contribution in [1.29, 1.82) is 0 Å². The van der Waals surface area contributed by atoms with Crippen LogP contribution in [0.5, 0.6) is 0 Å². The normalized spacial score (nSPS) is 15.0. The largest absolute Gasteiger partial charge is 0.374 e. The molecule has 0 radical (unpaired) electrons. The van der Waals surface area contributed by atoms with E-state index in [9.17, 15) is 5.11 Å². The number of hydrogen-bond donors (Lipinski definition) is 1. The van der Waals surface area contributed by atoms with Gasteiger partial charge in [0.25, 0.3) is 0 Å². The average molecular weight is 147 g/mol. The molecule has 0 unspecified atom stereocenters. The summed E-state index contributed by atoms with van der Waals surface area (Å²) >= 11 is 0. The van der Waals surface area contributed by atoms with Crippen LogP contribution in [-0.2, 0) is 5.60 Å². The van der Waals surface area contributed by atoms with Crippen molar-refractivity contribution in [1.82, 2.24) is 4.98 Å². The summed E-state index contributed by atoms with van der Waals surface area (Å²) in [5.74, 6) is 2.27. The lowest BCUT2D eigenvalue weighted by molar-refractivity contribution is 0.122. The number of pyridine rings is 1. The van der Waals surface area contributed by atoms with Crippen LogP contribution in [-0.4, -0.2) is 10.1 Å². The zero-order valence-electron chi connectivity index (χ0n) is 6.28. The molecule has 0 spiro atoms. The van der Waals surface area contributed by atoms with Gasteiger partial charge >= 0.3 is 0 Å². The molecule has 1 aromatic heterocycles. The maximum Gasteiger partial charge on any atom is 0.149 e. The van der Waals surface area contributed by atoms with Crippen LogP contribution in [0.15, 0.2) is 24.5 Å². The quantitative estimate of drug-likeness (QED) is 0.599. The molecule has 56 valence electrons. The summed E-state index contributed by atoms with van der Waals surface area (Å²) in [5.41, 5.74) is -0.559. The van der Waals surface area contributed by atoms with Crippen molar-refractivity contribution in [3.63, 3.8) is 0 Å². The highest BCUT2D eigenvalue weighted by atomic mass is 16.3. The monoisotopic (exact) mass is 147 g/mol. The van der Waals surface area contributed by atoms with Crippen molar-refractivity contribution >= 4 is 0 Å². The third kappa shape index (κ3) is 1.57. The summed E-state index contributed by atoms with van der Waals surface area (Å²) in [4.78, 5) is 3.84. The molecule has 0 aliphatic heterocycles.